The van der Waals surface area contributed by atoms with Gasteiger partial charge in [0.2, 0.25) is 15.6 Å². The monoisotopic (exact) mass is 612 g/mol. The molecule has 5 nitrogen and oxygen atoms in total. The van der Waals surface area contributed by atoms with Crippen LogP contribution in [0.15, 0.2) is 0 Å². The average Bonchev–Trinajstić information content (AvgIpc) is 2.29. The van der Waals surface area contributed by atoms with Crippen molar-refractivity contribution in [2.24, 2.45) is 0 Å². The minimum atomic E-state index is -0.229. The summed E-state index contributed by atoms with van der Waals surface area (Å²) >= 11 is 5.76. The summed E-state index contributed by atoms with van der Waals surface area (Å²) in [5, 5.41) is 5.44. The highest BCUT2D eigenvalue weighted by atomic mass is 127. The molecule has 0 bridgehead atoms. The van der Waals surface area contributed by atoms with E-state index in [-0.39, 0.29) is 15.6 Å². The maximum atomic E-state index is 11.8. The van der Waals surface area contributed by atoms with Crippen LogP contribution >= 0.6 is 67.8 Å². The topological polar surface area (TPSA) is 75.3 Å². The summed E-state index contributed by atoms with van der Waals surface area (Å²) in [7, 11) is 0. The van der Waals surface area contributed by atoms with Crippen LogP contribution in [0.1, 0.15) is 29.8 Å². The lowest BCUT2D eigenvalue weighted by atomic mass is 10.1. The van der Waals surface area contributed by atoms with Crippen molar-refractivity contribution in [3.8, 4) is 0 Å². The Morgan fingerprint density at radius 2 is 1.25 bits per heavy atom. The van der Waals surface area contributed by atoms with Crippen LogP contribution in [0, 0.1) is 14.1 Å². The molecule has 0 unspecified atom stereocenters. The maximum absolute atomic E-state index is 11.8. The Kier molecular flexibility index (Phi) is 6.63. The highest BCUT2D eigenvalue weighted by Gasteiger charge is 2.23. The van der Waals surface area contributed by atoms with Crippen LogP contribution in [0.3, 0.4) is 0 Å². The summed E-state index contributed by atoms with van der Waals surface area (Å²) in [6, 6.07) is 0. The fraction of sp³-hybridized carbons (Fsp3) is 0.250. The number of carbonyl (C=O) groups excluding carboxylic acids is 3. The molecule has 0 radical (unpaired) electrons. The van der Waals surface area contributed by atoms with Gasteiger partial charge in [-0.15, -0.1) is 0 Å². The second-order valence-electron chi connectivity index (χ2n) is 4.01. The Bertz CT molecular complexity index is 571. The minimum absolute atomic E-state index is 0.144. The van der Waals surface area contributed by atoms with E-state index in [0.717, 1.165) is 5.56 Å². The van der Waals surface area contributed by atoms with E-state index in [2.05, 4.69) is 10.6 Å². The molecule has 1 aromatic rings. The Labute approximate surface area is 157 Å². The van der Waals surface area contributed by atoms with Crippen LogP contribution in [0.25, 0.3) is 0 Å². The number of hydrogen-bond acceptors (Lipinski definition) is 3. The summed E-state index contributed by atoms with van der Waals surface area (Å²) in [5.74, 6) is -0.458. The van der Waals surface area contributed by atoms with Gasteiger partial charge >= 0.3 is 0 Å². The smallest absolute Gasteiger partial charge is 0.224 e. The van der Waals surface area contributed by atoms with Crippen LogP contribution in [0.4, 0.5) is 11.4 Å². The van der Waals surface area contributed by atoms with Gasteiger partial charge in [-0.3, -0.25) is 14.4 Å². The third kappa shape index (κ3) is 4.02. The summed E-state index contributed by atoms with van der Waals surface area (Å²) in [5.41, 5.74) is 2.33. The van der Waals surface area contributed by atoms with Gasteiger partial charge in [-0.1, -0.05) is 0 Å². The molecular formula is C12H11I3N2O3. The SMILES string of the molecule is CC(=O)Nc1c(C)c(NC(C)=O)c(I)c(C(=O)I)c1I. The van der Waals surface area contributed by atoms with Gasteiger partial charge in [0.05, 0.1) is 16.9 Å². The van der Waals surface area contributed by atoms with E-state index in [4.69, 9.17) is 0 Å². The normalized spacial score (nSPS) is 10.1. The molecule has 0 aromatic heterocycles. The van der Waals surface area contributed by atoms with Crippen molar-refractivity contribution in [2.45, 2.75) is 20.8 Å². The fourth-order valence-corrected chi connectivity index (χ4v) is 5.82. The molecule has 0 atom stereocenters. The number of benzene rings is 1. The second-order valence-corrected chi connectivity index (χ2v) is 7.15. The molecular weight excluding hydrogens is 601 g/mol. The zero-order valence-corrected chi connectivity index (χ0v) is 17.3. The molecule has 0 aliphatic heterocycles. The van der Waals surface area contributed by atoms with Crippen LogP contribution in [0.5, 0.6) is 0 Å². The molecule has 0 heterocycles. The Balaban J connectivity index is 3.68. The Morgan fingerprint density at radius 3 is 1.50 bits per heavy atom. The first-order valence-electron chi connectivity index (χ1n) is 5.43. The van der Waals surface area contributed by atoms with E-state index >= 15 is 0 Å². The van der Waals surface area contributed by atoms with E-state index in [1.54, 1.807) is 29.5 Å². The number of halogens is 3. The lowest BCUT2D eigenvalue weighted by Gasteiger charge is -2.19. The van der Waals surface area contributed by atoms with Gasteiger partial charge < -0.3 is 10.6 Å². The molecule has 20 heavy (non-hydrogen) atoms. The molecule has 1 aromatic carbocycles. The van der Waals surface area contributed by atoms with Gasteiger partial charge in [-0.05, 0) is 57.7 Å². The number of rotatable bonds is 3. The lowest BCUT2D eigenvalue weighted by molar-refractivity contribution is -0.115. The van der Waals surface area contributed by atoms with E-state index < -0.39 is 0 Å². The molecule has 108 valence electrons. The van der Waals surface area contributed by atoms with Crippen molar-refractivity contribution in [1.82, 2.24) is 0 Å². The van der Waals surface area contributed by atoms with Crippen molar-refractivity contribution in [3.63, 3.8) is 0 Å². The van der Waals surface area contributed by atoms with Crippen LogP contribution in [0.2, 0.25) is 0 Å². The number of amides is 2. The number of nitrogens with one attached hydrogen (secondary N) is 2. The molecule has 2 N–H and O–H groups in total. The fourth-order valence-electron chi connectivity index (χ4n) is 1.62. The van der Waals surface area contributed by atoms with Gasteiger partial charge in [0, 0.05) is 43.6 Å². The first-order chi connectivity index (χ1) is 9.16. The van der Waals surface area contributed by atoms with Crippen molar-refractivity contribution in [3.05, 3.63) is 18.3 Å². The quantitative estimate of drug-likeness (QED) is 0.405. The Morgan fingerprint density at radius 1 is 0.900 bits per heavy atom. The highest BCUT2D eigenvalue weighted by Crippen LogP contribution is 2.38. The summed E-state index contributed by atoms with van der Waals surface area (Å²) in [4.78, 5) is 34.5. The molecule has 0 saturated heterocycles. The van der Waals surface area contributed by atoms with Crippen LogP contribution in [-0.4, -0.2) is 15.6 Å². The summed E-state index contributed by atoms with van der Waals surface area (Å²) < 4.78 is 1.20. The minimum Gasteiger partial charge on any atom is -0.325 e. The van der Waals surface area contributed by atoms with E-state index in [0.29, 0.717) is 24.1 Å². The first kappa shape index (κ1) is 18.1. The molecule has 1 rings (SSSR count). The Hall–Kier alpha value is 0.0200. The van der Waals surface area contributed by atoms with E-state index in [9.17, 15) is 14.4 Å². The van der Waals surface area contributed by atoms with Crippen LogP contribution in [-0.2, 0) is 9.59 Å². The zero-order valence-electron chi connectivity index (χ0n) is 10.9. The number of hydrogen-bond donors (Lipinski definition) is 2. The third-order valence-electron chi connectivity index (χ3n) is 2.43. The third-order valence-corrected chi connectivity index (χ3v) is 5.12. The summed E-state index contributed by atoms with van der Waals surface area (Å²) in [6.07, 6.45) is 0. The number of anilines is 2. The van der Waals surface area contributed by atoms with Crippen molar-refractivity contribution < 1.29 is 14.4 Å². The molecule has 0 aliphatic carbocycles. The van der Waals surface area contributed by atoms with Gasteiger partial charge in [0.15, 0.2) is 0 Å². The van der Waals surface area contributed by atoms with E-state index in [1.165, 1.54) is 13.8 Å². The van der Waals surface area contributed by atoms with Gasteiger partial charge in [0.25, 0.3) is 0 Å². The second kappa shape index (κ2) is 7.33. The maximum Gasteiger partial charge on any atom is 0.224 e. The molecule has 0 saturated carbocycles. The van der Waals surface area contributed by atoms with Crippen molar-refractivity contribution in [2.75, 3.05) is 10.6 Å². The van der Waals surface area contributed by atoms with Crippen molar-refractivity contribution in [1.29, 1.82) is 0 Å². The largest absolute Gasteiger partial charge is 0.325 e. The van der Waals surface area contributed by atoms with Gasteiger partial charge in [-0.2, -0.15) is 0 Å². The molecule has 8 heteroatoms. The first-order valence-corrected chi connectivity index (χ1v) is 8.67. The average molecular weight is 612 g/mol. The standard InChI is InChI=1S/C12H11I3N2O3/c1-4-10(16-5(2)18)8(13)7(12(15)20)9(14)11(4)17-6(3)19/h1-3H3,(H,16,18)(H,17,19). The molecule has 0 fully saturated rings. The van der Waals surface area contributed by atoms with E-state index in [1.807, 2.05) is 45.2 Å². The van der Waals surface area contributed by atoms with Gasteiger partial charge in [0.1, 0.15) is 0 Å². The molecule has 0 spiro atoms. The molecule has 0 aliphatic rings. The lowest BCUT2D eigenvalue weighted by Crippen LogP contribution is -2.16. The van der Waals surface area contributed by atoms with Crippen LogP contribution < -0.4 is 10.6 Å². The summed E-state index contributed by atoms with van der Waals surface area (Å²) in [6.45, 7) is 4.59. The predicted octanol–water partition coefficient (Wildman–Crippen LogP) is 3.70. The highest BCUT2D eigenvalue weighted by molar-refractivity contribution is 14.1. The number of carbonyl (C=O) groups is 3. The molecule has 2 amide bonds. The van der Waals surface area contributed by atoms with Gasteiger partial charge in [-0.25, -0.2) is 0 Å². The van der Waals surface area contributed by atoms with Crippen molar-refractivity contribution >= 4 is 94.8 Å². The zero-order chi connectivity index (χ0) is 15.6. The predicted molar refractivity (Wildman–Crippen MR) is 104 cm³/mol.